The molecule has 4 heterocycles. The Morgan fingerprint density at radius 2 is 1.92 bits per heavy atom. The third kappa shape index (κ3) is 5.66. The van der Waals surface area contributed by atoms with Crippen LogP contribution in [0.3, 0.4) is 0 Å². The van der Waals surface area contributed by atoms with Crippen LogP contribution in [0.25, 0.3) is 0 Å². The summed E-state index contributed by atoms with van der Waals surface area (Å²) in [6, 6.07) is 11.5. The van der Waals surface area contributed by atoms with E-state index < -0.39 is 6.36 Å². The summed E-state index contributed by atoms with van der Waals surface area (Å²) in [6.07, 6.45) is 0.597. The topological polar surface area (TPSA) is 87.2 Å². The van der Waals surface area contributed by atoms with Crippen molar-refractivity contribution in [3.05, 3.63) is 94.7 Å². The molecule has 3 aromatic heterocycles. The smallest absolute Gasteiger partial charge is 0.406 e. The van der Waals surface area contributed by atoms with Gasteiger partial charge in [0.2, 0.25) is 0 Å². The fourth-order valence-electron chi connectivity index (χ4n) is 5.64. The van der Waals surface area contributed by atoms with Crippen molar-refractivity contribution in [2.45, 2.75) is 18.9 Å². The van der Waals surface area contributed by atoms with Crippen LogP contribution in [0.5, 0.6) is 5.75 Å². The van der Waals surface area contributed by atoms with Crippen molar-refractivity contribution in [2.24, 2.45) is 17.8 Å². The predicted molar refractivity (Wildman–Crippen MR) is 137 cm³/mol. The molecular formula is C27H25F3N6O2S. The molecule has 1 aliphatic heterocycles. The summed E-state index contributed by atoms with van der Waals surface area (Å²) in [5.74, 6) is 1.28. The minimum atomic E-state index is -4.78. The number of piperidine rings is 1. The molecule has 4 aromatic rings. The second-order valence-electron chi connectivity index (χ2n) is 9.84. The molecule has 1 saturated heterocycles. The van der Waals surface area contributed by atoms with Gasteiger partial charge in [0.25, 0.3) is 5.91 Å². The van der Waals surface area contributed by atoms with E-state index in [0.717, 1.165) is 24.6 Å². The van der Waals surface area contributed by atoms with Crippen LogP contribution in [0.4, 0.5) is 13.2 Å². The van der Waals surface area contributed by atoms with Crippen LogP contribution in [0, 0.1) is 17.8 Å². The van der Waals surface area contributed by atoms with Crippen molar-refractivity contribution >= 4 is 17.2 Å². The highest BCUT2D eigenvalue weighted by atomic mass is 32.1. The Morgan fingerprint density at radius 1 is 1.13 bits per heavy atom. The van der Waals surface area contributed by atoms with Crippen LogP contribution < -0.4 is 4.74 Å². The average molecular weight is 555 g/mol. The van der Waals surface area contributed by atoms with E-state index in [0.29, 0.717) is 35.6 Å². The van der Waals surface area contributed by atoms with Gasteiger partial charge >= 0.3 is 6.36 Å². The maximum absolute atomic E-state index is 13.3. The zero-order valence-corrected chi connectivity index (χ0v) is 21.5. The number of carbonyl (C=O) groups excluding carboxylic acids is 1. The molecule has 3 atom stereocenters. The second kappa shape index (κ2) is 10.4. The number of ether oxygens (including phenoxy) is 1. The molecule has 202 valence electrons. The summed E-state index contributed by atoms with van der Waals surface area (Å²) >= 11 is 1.33. The number of likely N-dealkylation sites (tertiary alicyclic amines) is 1. The molecule has 39 heavy (non-hydrogen) atoms. The summed E-state index contributed by atoms with van der Waals surface area (Å²) in [4.78, 5) is 33.9. The monoisotopic (exact) mass is 554 g/mol. The van der Waals surface area contributed by atoms with Gasteiger partial charge in [0.15, 0.2) is 5.82 Å². The number of fused-ring (bicyclic) bond motifs is 1. The average Bonchev–Trinajstić information content (AvgIpc) is 3.48. The Labute approximate surface area is 226 Å². The molecule has 1 aromatic carbocycles. The first-order chi connectivity index (χ1) is 18.9. The van der Waals surface area contributed by atoms with E-state index in [-0.39, 0.29) is 24.2 Å². The van der Waals surface area contributed by atoms with E-state index in [1.165, 1.54) is 29.5 Å². The molecule has 6 rings (SSSR count). The summed E-state index contributed by atoms with van der Waals surface area (Å²) in [6.45, 7) is 2.34. The third-order valence-electron chi connectivity index (χ3n) is 7.39. The van der Waals surface area contributed by atoms with Gasteiger partial charge in [0, 0.05) is 55.8 Å². The van der Waals surface area contributed by atoms with Crippen LogP contribution in [0.2, 0.25) is 0 Å². The fraction of sp³-hybridized carbons (Fsp3) is 0.333. The Bertz CT molecular complexity index is 1390. The normalized spacial score (nSPS) is 21.4. The summed E-state index contributed by atoms with van der Waals surface area (Å²) in [5.41, 5.74) is 3.52. The zero-order chi connectivity index (χ0) is 27.0. The molecule has 3 unspecified atom stereocenters. The van der Waals surface area contributed by atoms with Crippen LogP contribution in [-0.2, 0) is 6.54 Å². The highest BCUT2D eigenvalue weighted by Gasteiger charge is 2.57. The number of halogens is 3. The Kier molecular flexibility index (Phi) is 6.81. The number of rotatable bonds is 9. The number of hydrogen-bond donors (Lipinski definition) is 1. The number of nitrogens with zero attached hydrogens (tertiary/aromatic N) is 5. The number of benzene rings is 1. The molecule has 0 bridgehead atoms. The van der Waals surface area contributed by atoms with Gasteiger partial charge in [0.1, 0.15) is 17.5 Å². The first-order valence-corrected chi connectivity index (χ1v) is 13.5. The van der Waals surface area contributed by atoms with E-state index in [9.17, 15) is 18.0 Å². The molecule has 1 aliphatic carbocycles. The minimum Gasteiger partial charge on any atom is -0.406 e. The molecular weight excluding hydrogens is 529 g/mol. The number of amides is 1. The molecule has 8 nitrogen and oxygen atoms in total. The molecule has 1 amide bonds. The SMILES string of the molecule is O=C(c1cscn1)N(Cc1cccc(OC(F)(F)F)c1)CC1C2CN(C(c3ncccn3)c3ccc[nH]3)CC12. The first-order valence-electron chi connectivity index (χ1n) is 12.5. The lowest BCUT2D eigenvalue weighted by Gasteiger charge is -2.29. The number of carbonyl (C=O) groups is 1. The minimum absolute atomic E-state index is 0.0845. The van der Waals surface area contributed by atoms with Gasteiger partial charge < -0.3 is 14.6 Å². The van der Waals surface area contributed by atoms with Crippen LogP contribution in [0.15, 0.2) is 71.9 Å². The zero-order valence-electron chi connectivity index (χ0n) is 20.7. The van der Waals surface area contributed by atoms with Crippen LogP contribution in [-0.4, -0.2) is 61.6 Å². The number of H-pyrrole nitrogens is 1. The quantitative estimate of drug-likeness (QED) is 0.321. The van der Waals surface area contributed by atoms with Gasteiger partial charge in [-0.1, -0.05) is 12.1 Å². The lowest BCUT2D eigenvalue weighted by molar-refractivity contribution is -0.274. The first kappa shape index (κ1) is 25.5. The second-order valence-corrected chi connectivity index (χ2v) is 10.6. The van der Waals surface area contributed by atoms with Gasteiger partial charge in [-0.15, -0.1) is 24.5 Å². The molecule has 2 fully saturated rings. The molecule has 0 radical (unpaired) electrons. The lowest BCUT2D eigenvalue weighted by Crippen LogP contribution is -2.36. The van der Waals surface area contributed by atoms with Crippen molar-refractivity contribution in [2.75, 3.05) is 19.6 Å². The van der Waals surface area contributed by atoms with Gasteiger partial charge in [-0.25, -0.2) is 15.0 Å². The Hall–Kier alpha value is -3.77. The molecule has 0 spiro atoms. The number of hydrogen-bond acceptors (Lipinski definition) is 7. The van der Waals surface area contributed by atoms with E-state index >= 15 is 0 Å². The summed E-state index contributed by atoms with van der Waals surface area (Å²) in [5, 5.41) is 1.69. The van der Waals surface area contributed by atoms with Crippen molar-refractivity contribution in [3.63, 3.8) is 0 Å². The van der Waals surface area contributed by atoms with E-state index in [4.69, 9.17) is 0 Å². The Morgan fingerprint density at radius 3 is 2.59 bits per heavy atom. The number of nitrogens with one attached hydrogen (secondary N) is 1. The highest BCUT2D eigenvalue weighted by Crippen LogP contribution is 2.54. The number of thiazole rings is 1. The standard InChI is InChI=1S/C27H25F3N6O2S/c28-27(29,30)38-18-5-1-4-17(10-18)11-36(26(37)23-15-39-16-34-23)14-21-19-12-35(13-20(19)21)24(22-6-2-7-31-22)25-32-8-3-9-33-25/h1-10,15-16,19-21,24,31H,11-14H2. The van der Waals surface area contributed by atoms with Gasteiger partial charge in [0.05, 0.1) is 5.51 Å². The van der Waals surface area contributed by atoms with Crippen molar-refractivity contribution in [1.29, 1.82) is 0 Å². The molecule has 2 aliphatic rings. The molecule has 12 heteroatoms. The maximum Gasteiger partial charge on any atom is 0.573 e. The van der Waals surface area contributed by atoms with E-state index in [1.54, 1.807) is 40.3 Å². The third-order valence-corrected chi connectivity index (χ3v) is 7.97. The number of aromatic nitrogens is 4. The maximum atomic E-state index is 13.3. The van der Waals surface area contributed by atoms with Crippen LogP contribution in [0.1, 0.15) is 33.6 Å². The Balaban J connectivity index is 1.16. The van der Waals surface area contributed by atoms with Crippen LogP contribution >= 0.6 is 11.3 Å². The highest BCUT2D eigenvalue weighted by molar-refractivity contribution is 7.07. The number of aromatic amines is 1. The van der Waals surface area contributed by atoms with Gasteiger partial charge in [-0.05, 0) is 53.6 Å². The fourth-order valence-corrected chi connectivity index (χ4v) is 6.17. The van der Waals surface area contributed by atoms with Crippen molar-refractivity contribution in [3.8, 4) is 5.75 Å². The summed E-state index contributed by atoms with van der Waals surface area (Å²) < 4.78 is 42.3. The predicted octanol–water partition coefficient (Wildman–Crippen LogP) is 4.77. The van der Waals surface area contributed by atoms with E-state index in [1.807, 2.05) is 18.3 Å². The largest absolute Gasteiger partial charge is 0.573 e. The lowest BCUT2D eigenvalue weighted by atomic mass is 10.1. The van der Waals surface area contributed by atoms with Gasteiger partial charge in [-0.2, -0.15) is 0 Å². The summed E-state index contributed by atoms with van der Waals surface area (Å²) in [7, 11) is 0. The van der Waals surface area contributed by atoms with Crippen molar-refractivity contribution < 1.29 is 22.7 Å². The molecule has 1 N–H and O–H groups in total. The van der Waals surface area contributed by atoms with Gasteiger partial charge in [-0.3, -0.25) is 9.69 Å². The van der Waals surface area contributed by atoms with Crippen molar-refractivity contribution in [1.82, 2.24) is 29.7 Å². The number of alkyl halides is 3. The van der Waals surface area contributed by atoms with E-state index in [2.05, 4.69) is 29.6 Å². The molecule has 1 saturated carbocycles.